The quantitative estimate of drug-likeness (QED) is 0.455. The van der Waals surface area contributed by atoms with Crippen LogP contribution >= 0.6 is 11.8 Å². The fourth-order valence-electron chi connectivity index (χ4n) is 3.45. The molecule has 0 radical (unpaired) electrons. The highest BCUT2D eigenvalue weighted by Crippen LogP contribution is 2.29. The molecule has 0 bridgehead atoms. The van der Waals surface area contributed by atoms with Crippen LogP contribution in [0.25, 0.3) is 16.6 Å². The molecular formula is C22H24N2O3S. The first-order valence-corrected chi connectivity index (χ1v) is 10.7. The lowest BCUT2D eigenvalue weighted by atomic mass is 10.1. The molecule has 28 heavy (non-hydrogen) atoms. The molecule has 0 aliphatic carbocycles. The second-order valence-electron chi connectivity index (χ2n) is 6.75. The van der Waals surface area contributed by atoms with Gasteiger partial charge in [-0.2, -0.15) is 0 Å². The average molecular weight is 397 g/mol. The topological polar surface area (TPSA) is 53.4 Å². The fourth-order valence-corrected chi connectivity index (χ4v) is 4.52. The van der Waals surface area contributed by atoms with Gasteiger partial charge < -0.3 is 9.47 Å². The van der Waals surface area contributed by atoms with Crippen LogP contribution in [0.1, 0.15) is 26.2 Å². The van der Waals surface area contributed by atoms with E-state index in [4.69, 9.17) is 14.5 Å². The van der Waals surface area contributed by atoms with E-state index < -0.39 is 0 Å². The monoisotopic (exact) mass is 396 g/mol. The molecule has 4 rings (SSSR count). The van der Waals surface area contributed by atoms with Gasteiger partial charge in [0.2, 0.25) is 0 Å². The van der Waals surface area contributed by atoms with Crippen LogP contribution in [0.3, 0.4) is 0 Å². The molecule has 1 aliphatic heterocycles. The molecule has 1 aliphatic rings. The second kappa shape index (κ2) is 8.80. The molecule has 2 aromatic carbocycles. The molecular weight excluding hydrogens is 372 g/mol. The fraction of sp³-hybridized carbons (Fsp3) is 0.364. The van der Waals surface area contributed by atoms with Crippen LogP contribution in [0.4, 0.5) is 0 Å². The maximum atomic E-state index is 13.4. The van der Waals surface area contributed by atoms with Crippen LogP contribution in [-0.4, -0.2) is 34.6 Å². The molecule has 5 nitrogen and oxygen atoms in total. The zero-order valence-electron chi connectivity index (χ0n) is 16.0. The maximum Gasteiger partial charge on any atom is 0.266 e. The SMILES string of the molecule is CCOc1ccccc1-n1c(SC[C@H]2CCCCO2)nc2ccccc2c1=O. The minimum atomic E-state index is -0.0789. The van der Waals surface area contributed by atoms with Gasteiger partial charge in [-0.25, -0.2) is 4.98 Å². The van der Waals surface area contributed by atoms with E-state index in [1.807, 2.05) is 55.5 Å². The Morgan fingerprint density at radius 1 is 1.18 bits per heavy atom. The van der Waals surface area contributed by atoms with Gasteiger partial charge in [0.05, 0.1) is 29.3 Å². The van der Waals surface area contributed by atoms with Gasteiger partial charge in [-0.15, -0.1) is 0 Å². The summed E-state index contributed by atoms with van der Waals surface area (Å²) in [6.45, 7) is 3.29. The van der Waals surface area contributed by atoms with E-state index in [-0.39, 0.29) is 11.7 Å². The predicted molar refractivity (Wildman–Crippen MR) is 113 cm³/mol. The molecule has 0 N–H and O–H groups in total. The predicted octanol–water partition coefficient (Wildman–Crippen LogP) is 4.45. The van der Waals surface area contributed by atoms with E-state index in [2.05, 4.69) is 0 Å². The van der Waals surface area contributed by atoms with Crippen molar-refractivity contribution in [3.63, 3.8) is 0 Å². The van der Waals surface area contributed by atoms with E-state index in [1.54, 1.807) is 16.3 Å². The first-order chi connectivity index (χ1) is 13.8. The van der Waals surface area contributed by atoms with Gasteiger partial charge in [-0.3, -0.25) is 9.36 Å². The number of benzene rings is 2. The van der Waals surface area contributed by atoms with Gasteiger partial charge in [0.25, 0.3) is 5.56 Å². The number of ether oxygens (including phenoxy) is 2. The van der Waals surface area contributed by atoms with E-state index in [9.17, 15) is 4.79 Å². The Balaban J connectivity index is 1.81. The molecule has 0 saturated carbocycles. The number of fused-ring (bicyclic) bond motifs is 1. The smallest absolute Gasteiger partial charge is 0.266 e. The highest BCUT2D eigenvalue weighted by Gasteiger charge is 2.19. The lowest BCUT2D eigenvalue weighted by Gasteiger charge is -2.23. The molecule has 2 heterocycles. The van der Waals surface area contributed by atoms with Gasteiger partial charge in [0, 0.05) is 12.4 Å². The molecule has 146 valence electrons. The lowest BCUT2D eigenvalue weighted by Crippen LogP contribution is -2.25. The van der Waals surface area contributed by atoms with Crippen molar-refractivity contribution >= 4 is 22.7 Å². The van der Waals surface area contributed by atoms with Crippen molar-refractivity contribution in [3.05, 3.63) is 58.9 Å². The Bertz CT molecular complexity index is 1010. The van der Waals surface area contributed by atoms with Crippen molar-refractivity contribution in [1.29, 1.82) is 0 Å². The molecule has 6 heteroatoms. The summed E-state index contributed by atoms with van der Waals surface area (Å²) in [6.07, 6.45) is 3.58. The number of hydrogen-bond donors (Lipinski definition) is 0. The molecule has 1 aromatic heterocycles. The van der Waals surface area contributed by atoms with Crippen LogP contribution in [0.15, 0.2) is 58.5 Å². The van der Waals surface area contributed by atoms with Gasteiger partial charge in [0.15, 0.2) is 5.16 Å². The van der Waals surface area contributed by atoms with Gasteiger partial charge in [-0.05, 0) is 50.5 Å². The summed E-state index contributed by atoms with van der Waals surface area (Å²) in [6, 6.07) is 15.1. The Labute approximate surface area is 168 Å². The third-order valence-corrected chi connectivity index (χ3v) is 5.89. The summed E-state index contributed by atoms with van der Waals surface area (Å²) < 4.78 is 13.3. The van der Waals surface area contributed by atoms with E-state index in [0.29, 0.717) is 28.4 Å². The molecule has 0 spiro atoms. The normalized spacial score (nSPS) is 17.0. The minimum Gasteiger partial charge on any atom is -0.492 e. The van der Waals surface area contributed by atoms with Gasteiger partial charge >= 0.3 is 0 Å². The van der Waals surface area contributed by atoms with E-state index >= 15 is 0 Å². The molecule has 0 amide bonds. The van der Waals surface area contributed by atoms with Gasteiger partial charge in [-0.1, -0.05) is 36.0 Å². The minimum absolute atomic E-state index is 0.0789. The summed E-state index contributed by atoms with van der Waals surface area (Å²) in [7, 11) is 0. The van der Waals surface area contributed by atoms with Crippen molar-refractivity contribution in [1.82, 2.24) is 9.55 Å². The summed E-state index contributed by atoms with van der Waals surface area (Å²) in [5.41, 5.74) is 1.36. The number of hydrogen-bond acceptors (Lipinski definition) is 5. The number of rotatable bonds is 6. The first kappa shape index (κ1) is 19.0. The molecule has 1 atom stereocenters. The maximum absolute atomic E-state index is 13.4. The van der Waals surface area contributed by atoms with Crippen LogP contribution < -0.4 is 10.3 Å². The summed E-state index contributed by atoms with van der Waals surface area (Å²) in [4.78, 5) is 18.2. The molecule has 1 fully saturated rings. The lowest BCUT2D eigenvalue weighted by molar-refractivity contribution is 0.0315. The summed E-state index contributed by atoms with van der Waals surface area (Å²) in [5, 5.41) is 1.28. The molecule has 3 aromatic rings. The summed E-state index contributed by atoms with van der Waals surface area (Å²) in [5.74, 6) is 1.46. The second-order valence-corrected chi connectivity index (χ2v) is 7.74. The van der Waals surface area contributed by atoms with Crippen molar-refractivity contribution in [2.45, 2.75) is 37.4 Å². The number of aromatic nitrogens is 2. The van der Waals surface area contributed by atoms with Crippen molar-refractivity contribution in [3.8, 4) is 11.4 Å². The Morgan fingerprint density at radius 3 is 2.82 bits per heavy atom. The Hall–Kier alpha value is -2.31. The number of thioether (sulfide) groups is 1. The van der Waals surface area contributed by atoms with Crippen LogP contribution in [0, 0.1) is 0 Å². The Morgan fingerprint density at radius 2 is 2.00 bits per heavy atom. The molecule has 1 saturated heterocycles. The number of nitrogens with zero attached hydrogens (tertiary/aromatic N) is 2. The van der Waals surface area contributed by atoms with Crippen LogP contribution in [-0.2, 0) is 4.74 Å². The number of para-hydroxylation sites is 3. The van der Waals surface area contributed by atoms with E-state index in [1.165, 1.54) is 6.42 Å². The third-order valence-electron chi connectivity index (χ3n) is 4.82. The van der Waals surface area contributed by atoms with E-state index in [0.717, 1.165) is 30.9 Å². The third kappa shape index (κ3) is 3.93. The van der Waals surface area contributed by atoms with Crippen molar-refractivity contribution < 1.29 is 9.47 Å². The summed E-state index contributed by atoms with van der Waals surface area (Å²) >= 11 is 1.58. The van der Waals surface area contributed by atoms with Crippen LogP contribution in [0.5, 0.6) is 5.75 Å². The first-order valence-electron chi connectivity index (χ1n) is 9.76. The highest BCUT2D eigenvalue weighted by atomic mass is 32.2. The largest absolute Gasteiger partial charge is 0.492 e. The highest BCUT2D eigenvalue weighted by molar-refractivity contribution is 7.99. The zero-order chi connectivity index (χ0) is 19.3. The molecule has 0 unspecified atom stereocenters. The average Bonchev–Trinajstić information content (AvgIpc) is 2.74. The van der Waals surface area contributed by atoms with Gasteiger partial charge in [0.1, 0.15) is 5.75 Å². The van der Waals surface area contributed by atoms with Crippen molar-refractivity contribution in [2.24, 2.45) is 0 Å². The van der Waals surface area contributed by atoms with Crippen molar-refractivity contribution in [2.75, 3.05) is 19.0 Å². The van der Waals surface area contributed by atoms with Crippen LogP contribution in [0.2, 0.25) is 0 Å². The Kier molecular flexibility index (Phi) is 5.98. The zero-order valence-corrected chi connectivity index (χ0v) is 16.8. The standard InChI is InChI=1S/C22H24N2O3S/c1-2-26-20-13-6-5-12-19(20)24-21(25)17-10-3-4-11-18(17)23-22(24)28-15-16-9-7-8-14-27-16/h3-6,10-13,16H,2,7-9,14-15H2,1H3/t16-/m1/s1.